The van der Waals surface area contributed by atoms with Crippen molar-refractivity contribution in [2.45, 2.75) is 33.8 Å². The summed E-state index contributed by atoms with van der Waals surface area (Å²) in [4.78, 5) is 39.9. The fourth-order valence-corrected chi connectivity index (χ4v) is 3.13. The van der Waals surface area contributed by atoms with E-state index in [1.165, 1.54) is 19.9 Å². The maximum absolute atomic E-state index is 12.9. The van der Waals surface area contributed by atoms with E-state index in [-0.39, 0.29) is 17.1 Å². The van der Waals surface area contributed by atoms with Crippen LogP contribution in [0.25, 0.3) is 10.9 Å². The van der Waals surface area contributed by atoms with Crippen LogP contribution in [0.2, 0.25) is 0 Å². The van der Waals surface area contributed by atoms with Gasteiger partial charge in [0.25, 0.3) is 0 Å². The van der Waals surface area contributed by atoms with Gasteiger partial charge in [-0.3, -0.25) is 4.79 Å². The molecule has 0 aliphatic carbocycles. The van der Waals surface area contributed by atoms with Gasteiger partial charge in [0.1, 0.15) is 11.3 Å². The quantitative estimate of drug-likeness (QED) is 0.573. The third-order valence-electron chi connectivity index (χ3n) is 4.33. The molecule has 0 aliphatic rings. The number of nitrogens with one attached hydrogen (secondary N) is 1. The summed E-state index contributed by atoms with van der Waals surface area (Å²) in [6.07, 6.45) is -0.980. The van der Waals surface area contributed by atoms with E-state index in [1.807, 2.05) is 31.2 Å². The Morgan fingerprint density at radius 2 is 1.81 bits per heavy atom. The second-order valence-corrected chi connectivity index (χ2v) is 6.26. The molecular formula is C20H19NO5. The zero-order chi connectivity index (χ0) is 19.0. The summed E-state index contributed by atoms with van der Waals surface area (Å²) in [6.45, 7) is 6.48. The Kier molecular flexibility index (Phi) is 4.50. The molecule has 0 saturated heterocycles. The van der Waals surface area contributed by atoms with Gasteiger partial charge in [0, 0.05) is 28.2 Å². The van der Waals surface area contributed by atoms with Crippen molar-refractivity contribution in [1.82, 2.24) is 4.98 Å². The van der Waals surface area contributed by atoms with Gasteiger partial charge in [-0.15, -0.1) is 0 Å². The number of hydrogen-bond acceptors (Lipinski definition) is 5. The number of aromatic amines is 1. The number of aryl methyl sites for hydroxylation is 3. The molecule has 0 amide bonds. The molecule has 3 rings (SSSR count). The minimum atomic E-state index is -0.980. The van der Waals surface area contributed by atoms with Crippen molar-refractivity contribution in [3.63, 3.8) is 0 Å². The van der Waals surface area contributed by atoms with Crippen molar-refractivity contribution in [1.29, 1.82) is 0 Å². The average Bonchev–Trinajstić information content (AvgIpc) is 2.88. The summed E-state index contributed by atoms with van der Waals surface area (Å²) >= 11 is 0. The number of H-pyrrole nitrogens is 1. The highest BCUT2D eigenvalue weighted by atomic mass is 16.5. The Morgan fingerprint density at radius 1 is 1.12 bits per heavy atom. The minimum Gasteiger partial charge on any atom is -0.451 e. The van der Waals surface area contributed by atoms with Crippen LogP contribution in [0.5, 0.6) is 0 Å². The first-order valence-corrected chi connectivity index (χ1v) is 8.23. The van der Waals surface area contributed by atoms with Crippen molar-refractivity contribution in [2.75, 3.05) is 0 Å². The summed E-state index contributed by atoms with van der Waals surface area (Å²) in [6, 6.07) is 8.68. The van der Waals surface area contributed by atoms with E-state index in [2.05, 4.69) is 4.98 Å². The molecule has 0 bridgehead atoms. The van der Waals surface area contributed by atoms with E-state index in [4.69, 9.17) is 9.15 Å². The highest BCUT2D eigenvalue weighted by Crippen LogP contribution is 2.24. The number of hydrogen-bond donors (Lipinski definition) is 1. The largest absolute Gasteiger partial charge is 0.451 e. The van der Waals surface area contributed by atoms with Crippen LogP contribution >= 0.6 is 0 Å². The molecule has 134 valence electrons. The number of carbonyl (C=O) groups excluding carboxylic acids is 2. The van der Waals surface area contributed by atoms with Gasteiger partial charge < -0.3 is 14.1 Å². The van der Waals surface area contributed by atoms with E-state index in [0.717, 1.165) is 16.6 Å². The molecule has 6 heteroatoms. The summed E-state index contributed by atoms with van der Waals surface area (Å²) in [5.74, 6) is -0.814. The van der Waals surface area contributed by atoms with Crippen LogP contribution in [0.4, 0.5) is 0 Å². The molecule has 2 aromatic heterocycles. The molecule has 1 N–H and O–H groups in total. The lowest BCUT2D eigenvalue weighted by molar-refractivity contribution is 0.0314. The van der Waals surface area contributed by atoms with Gasteiger partial charge in [0.05, 0.1) is 0 Å². The molecule has 3 aromatic rings. The van der Waals surface area contributed by atoms with E-state index >= 15 is 0 Å². The highest BCUT2D eigenvalue weighted by Gasteiger charge is 2.26. The molecule has 1 unspecified atom stereocenters. The number of aromatic nitrogens is 1. The molecule has 0 radical (unpaired) electrons. The lowest BCUT2D eigenvalue weighted by atomic mass is 10.0. The Labute approximate surface area is 149 Å². The Hall–Kier alpha value is -3.15. The number of Topliss-reactive ketones (excluding diaryl/α,β-unsaturated/α-hetero) is 1. The Morgan fingerprint density at radius 3 is 2.50 bits per heavy atom. The van der Waals surface area contributed by atoms with E-state index in [0.29, 0.717) is 11.1 Å². The van der Waals surface area contributed by atoms with Gasteiger partial charge in [-0.05, 0) is 39.3 Å². The summed E-state index contributed by atoms with van der Waals surface area (Å²) in [7, 11) is 0. The van der Waals surface area contributed by atoms with Crippen LogP contribution in [0.15, 0.2) is 39.5 Å². The molecule has 26 heavy (non-hydrogen) atoms. The second kappa shape index (κ2) is 6.63. The fourth-order valence-electron chi connectivity index (χ4n) is 3.13. The fraction of sp³-hybridized carbons (Fsp3) is 0.250. The number of ether oxygens (including phenoxy) is 1. The van der Waals surface area contributed by atoms with Gasteiger partial charge in [0.15, 0.2) is 6.10 Å². The van der Waals surface area contributed by atoms with E-state index < -0.39 is 17.7 Å². The summed E-state index contributed by atoms with van der Waals surface area (Å²) in [5.41, 5.74) is 2.16. The third-order valence-corrected chi connectivity index (χ3v) is 4.33. The molecule has 2 heterocycles. The van der Waals surface area contributed by atoms with Crippen LogP contribution < -0.4 is 5.63 Å². The van der Waals surface area contributed by atoms with Crippen molar-refractivity contribution < 1.29 is 18.7 Å². The normalized spacial score (nSPS) is 12.2. The van der Waals surface area contributed by atoms with Crippen LogP contribution in [0.3, 0.4) is 0 Å². The standard InChI is InChI=1S/C20H19NO5/c1-10-9-16(22)25-12(3)17(10)20(24)26-13(4)19(23)18-11(2)21-15-8-6-5-7-14(15)18/h5-9,13,21H,1-4H3. The number of rotatable bonds is 4. The third kappa shape index (κ3) is 3.06. The molecule has 0 aliphatic heterocycles. The first-order chi connectivity index (χ1) is 12.3. The van der Waals surface area contributed by atoms with E-state index in [1.54, 1.807) is 6.92 Å². The van der Waals surface area contributed by atoms with Gasteiger partial charge >= 0.3 is 11.6 Å². The SMILES string of the molecule is Cc1cc(=O)oc(C)c1C(=O)OC(C)C(=O)c1c(C)[nH]c2ccccc12. The van der Waals surface area contributed by atoms with Crippen LogP contribution in [-0.4, -0.2) is 22.8 Å². The van der Waals surface area contributed by atoms with Crippen molar-refractivity contribution in [3.8, 4) is 0 Å². The number of fused-ring (bicyclic) bond motifs is 1. The topological polar surface area (TPSA) is 89.4 Å². The number of ketones is 1. The molecular weight excluding hydrogens is 334 g/mol. The van der Waals surface area contributed by atoms with Gasteiger partial charge in [-0.1, -0.05) is 18.2 Å². The lowest BCUT2D eigenvalue weighted by Crippen LogP contribution is -2.26. The minimum absolute atomic E-state index is 0.167. The van der Waals surface area contributed by atoms with Crippen LogP contribution in [-0.2, 0) is 4.74 Å². The number of benzene rings is 1. The first-order valence-electron chi connectivity index (χ1n) is 8.23. The van der Waals surface area contributed by atoms with Gasteiger partial charge in [-0.25, -0.2) is 9.59 Å². The monoisotopic (exact) mass is 353 g/mol. The Bertz CT molecular complexity index is 1050. The summed E-state index contributed by atoms with van der Waals surface area (Å²) < 4.78 is 10.3. The molecule has 6 nitrogen and oxygen atoms in total. The zero-order valence-electron chi connectivity index (χ0n) is 15.0. The number of para-hydroxylation sites is 1. The van der Waals surface area contributed by atoms with Crippen molar-refractivity contribution >= 4 is 22.7 Å². The maximum Gasteiger partial charge on any atom is 0.342 e. The molecule has 1 atom stereocenters. The average molecular weight is 353 g/mol. The van der Waals surface area contributed by atoms with Crippen molar-refractivity contribution in [2.24, 2.45) is 0 Å². The van der Waals surface area contributed by atoms with E-state index in [9.17, 15) is 14.4 Å². The zero-order valence-corrected chi connectivity index (χ0v) is 15.0. The van der Waals surface area contributed by atoms with Gasteiger partial charge in [-0.2, -0.15) is 0 Å². The van der Waals surface area contributed by atoms with Gasteiger partial charge in [0.2, 0.25) is 5.78 Å². The smallest absolute Gasteiger partial charge is 0.342 e. The summed E-state index contributed by atoms with van der Waals surface area (Å²) in [5, 5.41) is 0.788. The molecule has 1 aromatic carbocycles. The second-order valence-electron chi connectivity index (χ2n) is 6.26. The predicted octanol–water partition coefficient (Wildman–Crippen LogP) is 3.47. The van der Waals surface area contributed by atoms with Crippen molar-refractivity contribution in [3.05, 3.63) is 68.9 Å². The molecule has 0 fully saturated rings. The van der Waals surface area contributed by atoms with Crippen LogP contribution in [0.1, 0.15) is 44.7 Å². The first kappa shape index (κ1) is 17.7. The Balaban J connectivity index is 1.89. The highest BCUT2D eigenvalue weighted by molar-refractivity contribution is 6.11. The maximum atomic E-state index is 12.9. The lowest BCUT2D eigenvalue weighted by Gasteiger charge is -2.14. The molecule has 0 saturated carbocycles. The molecule has 0 spiro atoms. The number of esters is 1. The van der Waals surface area contributed by atoms with Crippen LogP contribution in [0, 0.1) is 20.8 Å². The predicted molar refractivity (Wildman–Crippen MR) is 96.7 cm³/mol. The number of carbonyl (C=O) groups is 2.